The minimum Gasteiger partial charge on any atom is -0.386 e. The predicted octanol–water partition coefficient (Wildman–Crippen LogP) is 0.519. The zero-order valence-electron chi connectivity index (χ0n) is 16.0. The Morgan fingerprint density at radius 2 is 2.11 bits per heavy atom. The van der Waals surface area contributed by atoms with Crippen LogP contribution in [0.4, 0.5) is 0 Å². The maximum atomic E-state index is 12.2. The van der Waals surface area contributed by atoms with Crippen molar-refractivity contribution in [2.45, 2.75) is 38.8 Å². The molecule has 2 aromatic rings. The van der Waals surface area contributed by atoms with Gasteiger partial charge in [-0.15, -0.1) is 5.10 Å². The summed E-state index contributed by atoms with van der Waals surface area (Å²) in [5.41, 5.74) is 1.08. The minimum absolute atomic E-state index is 0.0990. The van der Waals surface area contributed by atoms with Gasteiger partial charge in [-0.1, -0.05) is 0 Å². The highest BCUT2D eigenvalue weighted by Crippen LogP contribution is 2.25. The van der Waals surface area contributed by atoms with Gasteiger partial charge in [0.15, 0.2) is 5.82 Å². The first kappa shape index (κ1) is 18.3. The Balaban J connectivity index is 1.38. The largest absolute Gasteiger partial charge is 0.386 e. The van der Waals surface area contributed by atoms with Crippen LogP contribution >= 0.6 is 0 Å². The third kappa shape index (κ3) is 3.97. The molecule has 2 aromatic heterocycles. The Bertz CT molecular complexity index is 862. The average Bonchev–Trinajstić information content (AvgIpc) is 2.93. The molecular formula is C19H27N5O3. The summed E-state index contributed by atoms with van der Waals surface area (Å²) in [6.07, 6.45) is 1.70. The number of β-amino-alcohol motifs (C(OH)–C–C–N with tert-alkyl or cyclic N) is 1. The van der Waals surface area contributed by atoms with Gasteiger partial charge >= 0.3 is 0 Å². The van der Waals surface area contributed by atoms with Crippen LogP contribution in [0.15, 0.2) is 23.0 Å². The van der Waals surface area contributed by atoms with Gasteiger partial charge in [-0.25, -0.2) is 9.36 Å². The monoisotopic (exact) mass is 373 g/mol. The second kappa shape index (κ2) is 7.18. The van der Waals surface area contributed by atoms with Gasteiger partial charge in [0.2, 0.25) is 0 Å². The molecule has 1 unspecified atom stereocenters. The Hall–Kier alpha value is -2.03. The summed E-state index contributed by atoms with van der Waals surface area (Å²) < 4.78 is 8.71. The molecule has 2 aliphatic heterocycles. The molecule has 2 aliphatic rings. The lowest BCUT2D eigenvalue weighted by Crippen LogP contribution is -2.57. The van der Waals surface area contributed by atoms with E-state index in [1.807, 2.05) is 19.9 Å². The zero-order valence-corrected chi connectivity index (χ0v) is 16.0. The van der Waals surface area contributed by atoms with Crippen molar-refractivity contribution in [3.63, 3.8) is 0 Å². The summed E-state index contributed by atoms with van der Waals surface area (Å²) in [6, 6.07) is 5.25. The van der Waals surface area contributed by atoms with Gasteiger partial charge in [-0.3, -0.25) is 9.69 Å². The molecule has 4 rings (SSSR count). The van der Waals surface area contributed by atoms with Crippen LogP contribution in [0.5, 0.6) is 0 Å². The molecule has 1 atom stereocenters. The first-order valence-corrected chi connectivity index (χ1v) is 9.56. The molecule has 1 N–H and O–H groups in total. The van der Waals surface area contributed by atoms with Crippen molar-refractivity contribution >= 4 is 0 Å². The van der Waals surface area contributed by atoms with Gasteiger partial charge in [-0.05, 0) is 38.8 Å². The highest BCUT2D eigenvalue weighted by atomic mass is 16.5. The molecule has 2 saturated heterocycles. The third-order valence-electron chi connectivity index (χ3n) is 5.36. The Morgan fingerprint density at radius 1 is 1.30 bits per heavy atom. The molecule has 4 heterocycles. The number of rotatable bonds is 5. The third-order valence-corrected chi connectivity index (χ3v) is 5.36. The van der Waals surface area contributed by atoms with E-state index in [-0.39, 0.29) is 5.56 Å². The van der Waals surface area contributed by atoms with E-state index in [2.05, 4.69) is 15.1 Å². The lowest BCUT2D eigenvalue weighted by Gasteiger charge is -2.44. The predicted molar refractivity (Wildman–Crippen MR) is 100 cm³/mol. The average molecular weight is 373 g/mol. The first-order valence-electron chi connectivity index (χ1n) is 9.56. The van der Waals surface area contributed by atoms with Crippen molar-refractivity contribution in [2.75, 3.05) is 32.8 Å². The van der Waals surface area contributed by atoms with Gasteiger partial charge in [0.1, 0.15) is 5.60 Å². The van der Waals surface area contributed by atoms with Crippen LogP contribution < -0.4 is 5.56 Å². The van der Waals surface area contributed by atoms with Crippen molar-refractivity contribution < 1.29 is 9.84 Å². The van der Waals surface area contributed by atoms with Gasteiger partial charge < -0.3 is 9.84 Å². The fourth-order valence-corrected chi connectivity index (χ4v) is 4.09. The lowest BCUT2D eigenvalue weighted by molar-refractivity contribution is -0.113. The quantitative estimate of drug-likeness (QED) is 0.822. The summed E-state index contributed by atoms with van der Waals surface area (Å²) >= 11 is 0. The van der Waals surface area contributed by atoms with Crippen LogP contribution in [-0.2, 0) is 11.3 Å². The van der Waals surface area contributed by atoms with Gasteiger partial charge in [0, 0.05) is 43.9 Å². The molecule has 27 heavy (non-hydrogen) atoms. The van der Waals surface area contributed by atoms with Crippen LogP contribution in [0.2, 0.25) is 0 Å². The van der Waals surface area contributed by atoms with E-state index in [9.17, 15) is 9.90 Å². The minimum atomic E-state index is -0.728. The van der Waals surface area contributed by atoms with E-state index in [0.29, 0.717) is 31.4 Å². The molecule has 8 nitrogen and oxygen atoms in total. The standard InChI is InChI=1S/C19H27N5O3/c1-14-8-15(2)24(20-14)17-4-5-18(25)23(21-17)11-16-9-22(10-16)12-19(26)6-3-7-27-13-19/h4-5,8,16,26H,3,6-7,9-13H2,1-2H3. The van der Waals surface area contributed by atoms with Gasteiger partial charge in [0.05, 0.1) is 18.8 Å². The van der Waals surface area contributed by atoms with Crippen LogP contribution in [0.1, 0.15) is 24.2 Å². The Kier molecular flexibility index (Phi) is 4.88. The fourth-order valence-electron chi connectivity index (χ4n) is 4.09. The van der Waals surface area contributed by atoms with E-state index in [1.165, 1.54) is 4.68 Å². The summed E-state index contributed by atoms with van der Waals surface area (Å²) in [5, 5.41) is 19.5. The number of likely N-dealkylation sites (tertiary alicyclic amines) is 1. The van der Waals surface area contributed by atoms with Crippen LogP contribution in [-0.4, -0.2) is 68.0 Å². The van der Waals surface area contributed by atoms with Gasteiger partial charge in [-0.2, -0.15) is 5.10 Å². The maximum Gasteiger partial charge on any atom is 0.266 e. The molecule has 0 bridgehead atoms. The summed E-state index contributed by atoms with van der Waals surface area (Å²) in [5.74, 6) is 1.02. The SMILES string of the molecule is Cc1cc(C)n(-c2ccc(=O)n(CC3CN(CC4(O)CCCOC4)C3)n2)n1. The van der Waals surface area contributed by atoms with E-state index in [4.69, 9.17) is 4.74 Å². The molecule has 8 heteroatoms. The highest BCUT2D eigenvalue weighted by Gasteiger charge is 2.37. The van der Waals surface area contributed by atoms with Crippen LogP contribution in [0.3, 0.4) is 0 Å². The smallest absolute Gasteiger partial charge is 0.266 e. The molecule has 0 aliphatic carbocycles. The number of aryl methyl sites for hydroxylation is 2. The molecular weight excluding hydrogens is 346 g/mol. The number of aliphatic hydroxyl groups is 1. The summed E-state index contributed by atoms with van der Waals surface area (Å²) in [6.45, 7) is 8.01. The number of ether oxygens (including phenoxy) is 1. The number of aromatic nitrogens is 4. The fraction of sp³-hybridized carbons (Fsp3) is 0.632. The van der Waals surface area contributed by atoms with Gasteiger partial charge in [0.25, 0.3) is 5.56 Å². The highest BCUT2D eigenvalue weighted by molar-refractivity contribution is 5.23. The van der Waals surface area contributed by atoms with Crippen LogP contribution in [0.25, 0.3) is 5.82 Å². The van der Waals surface area contributed by atoms with Crippen LogP contribution in [0, 0.1) is 19.8 Å². The Labute approximate surface area is 158 Å². The number of nitrogens with zero attached hydrogens (tertiary/aromatic N) is 5. The molecule has 0 spiro atoms. The summed E-state index contributed by atoms with van der Waals surface area (Å²) in [4.78, 5) is 14.4. The van der Waals surface area contributed by atoms with E-state index in [1.54, 1.807) is 16.8 Å². The second-order valence-corrected chi connectivity index (χ2v) is 7.99. The topological polar surface area (TPSA) is 85.4 Å². The second-order valence-electron chi connectivity index (χ2n) is 7.99. The molecule has 0 radical (unpaired) electrons. The van der Waals surface area contributed by atoms with Crippen molar-refractivity contribution in [3.8, 4) is 5.82 Å². The lowest BCUT2D eigenvalue weighted by atomic mass is 9.92. The normalized spacial score (nSPS) is 24.1. The molecule has 146 valence electrons. The Morgan fingerprint density at radius 3 is 2.78 bits per heavy atom. The van der Waals surface area contributed by atoms with Crippen molar-refractivity contribution in [2.24, 2.45) is 5.92 Å². The molecule has 0 saturated carbocycles. The van der Waals surface area contributed by atoms with Crippen molar-refractivity contribution in [1.82, 2.24) is 24.5 Å². The van der Waals surface area contributed by atoms with E-state index in [0.717, 1.165) is 43.9 Å². The molecule has 2 fully saturated rings. The molecule has 0 aromatic carbocycles. The van der Waals surface area contributed by atoms with Crippen molar-refractivity contribution in [1.29, 1.82) is 0 Å². The molecule has 0 amide bonds. The zero-order chi connectivity index (χ0) is 19.0. The number of hydrogen-bond donors (Lipinski definition) is 1. The number of hydrogen-bond acceptors (Lipinski definition) is 6. The summed E-state index contributed by atoms with van der Waals surface area (Å²) in [7, 11) is 0. The first-order chi connectivity index (χ1) is 12.9. The van der Waals surface area contributed by atoms with E-state index >= 15 is 0 Å². The van der Waals surface area contributed by atoms with Crippen molar-refractivity contribution in [3.05, 3.63) is 39.9 Å². The van der Waals surface area contributed by atoms with E-state index < -0.39 is 5.60 Å². The maximum absolute atomic E-state index is 12.2.